The molecule has 0 saturated carbocycles. The topological polar surface area (TPSA) is 30.5 Å². The molecule has 1 N–H and O–H groups in total. The van der Waals surface area contributed by atoms with Crippen molar-refractivity contribution < 1.29 is 9.47 Å². The predicted octanol–water partition coefficient (Wildman–Crippen LogP) is 0.749. The third-order valence-electron chi connectivity index (χ3n) is 1.77. The average molecular weight is 159 g/mol. The summed E-state index contributed by atoms with van der Waals surface area (Å²) in [6.07, 6.45) is 2.77. The van der Waals surface area contributed by atoms with Crippen LogP contribution < -0.4 is 5.32 Å². The zero-order chi connectivity index (χ0) is 7.94. The largest absolute Gasteiger partial charge is 0.353 e. The summed E-state index contributed by atoms with van der Waals surface area (Å²) >= 11 is 0. The Morgan fingerprint density at radius 1 is 1.55 bits per heavy atom. The van der Waals surface area contributed by atoms with E-state index in [1.54, 1.807) is 0 Å². The minimum absolute atomic E-state index is 0.284. The van der Waals surface area contributed by atoms with Gasteiger partial charge in [0.2, 0.25) is 0 Å². The Hall–Kier alpha value is -0.120. The maximum atomic E-state index is 5.25. The van der Waals surface area contributed by atoms with Crippen LogP contribution in [0.3, 0.4) is 0 Å². The van der Waals surface area contributed by atoms with Crippen LogP contribution in [0.5, 0.6) is 0 Å². The van der Waals surface area contributed by atoms with Crippen LogP contribution >= 0.6 is 0 Å². The summed E-state index contributed by atoms with van der Waals surface area (Å²) in [7, 11) is 0. The number of unbranched alkanes of at least 4 members (excludes halogenated alkanes) is 1. The molecule has 3 nitrogen and oxygen atoms in total. The molecule has 1 fully saturated rings. The Morgan fingerprint density at radius 3 is 3.09 bits per heavy atom. The molecule has 1 heterocycles. The summed E-state index contributed by atoms with van der Waals surface area (Å²) in [6.45, 7) is 5.44. The Balaban J connectivity index is 1.86. The fourth-order valence-electron chi connectivity index (χ4n) is 1.05. The molecule has 66 valence electrons. The molecule has 0 radical (unpaired) electrons. The van der Waals surface area contributed by atoms with Crippen LogP contribution in [-0.4, -0.2) is 32.6 Å². The number of ether oxygens (including phenoxy) is 2. The molecule has 1 atom stereocenters. The lowest BCUT2D eigenvalue weighted by Gasteiger charge is -2.07. The molecule has 11 heavy (non-hydrogen) atoms. The van der Waals surface area contributed by atoms with E-state index in [1.165, 1.54) is 12.8 Å². The minimum atomic E-state index is 0.284. The third kappa shape index (κ3) is 3.70. The first-order chi connectivity index (χ1) is 5.43. The number of nitrogens with one attached hydrogen (secondary N) is 1. The van der Waals surface area contributed by atoms with Gasteiger partial charge in [0.1, 0.15) is 6.79 Å². The van der Waals surface area contributed by atoms with E-state index in [9.17, 15) is 0 Å². The summed E-state index contributed by atoms with van der Waals surface area (Å²) in [6, 6.07) is 0. The van der Waals surface area contributed by atoms with E-state index < -0.39 is 0 Å². The van der Waals surface area contributed by atoms with Crippen LogP contribution in [0, 0.1) is 0 Å². The second-order valence-corrected chi connectivity index (χ2v) is 2.83. The Kier molecular flexibility index (Phi) is 4.50. The van der Waals surface area contributed by atoms with E-state index in [4.69, 9.17) is 9.47 Å². The van der Waals surface area contributed by atoms with E-state index in [2.05, 4.69) is 12.2 Å². The van der Waals surface area contributed by atoms with Crippen LogP contribution in [0.4, 0.5) is 0 Å². The minimum Gasteiger partial charge on any atom is -0.353 e. The van der Waals surface area contributed by atoms with Crippen molar-refractivity contribution in [2.45, 2.75) is 25.9 Å². The van der Waals surface area contributed by atoms with Crippen LogP contribution in [0.2, 0.25) is 0 Å². The maximum Gasteiger partial charge on any atom is 0.147 e. The van der Waals surface area contributed by atoms with Crippen molar-refractivity contribution in [2.75, 3.05) is 26.5 Å². The molecule has 0 amide bonds. The van der Waals surface area contributed by atoms with Gasteiger partial charge in [0.05, 0.1) is 12.7 Å². The first-order valence-electron chi connectivity index (χ1n) is 4.33. The molecular formula is C8H17NO2. The Labute approximate surface area is 68.1 Å². The van der Waals surface area contributed by atoms with Crippen molar-refractivity contribution in [3.63, 3.8) is 0 Å². The van der Waals surface area contributed by atoms with E-state index in [0.29, 0.717) is 6.79 Å². The highest BCUT2D eigenvalue weighted by Gasteiger charge is 2.14. The summed E-state index contributed by atoms with van der Waals surface area (Å²) in [4.78, 5) is 0. The first kappa shape index (κ1) is 8.97. The lowest BCUT2D eigenvalue weighted by atomic mass is 10.3. The molecule has 0 spiro atoms. The molecule has 3 heteroatoms. The Bertz CT molecular complexity index is 92.1. The Morgan fingerprint density at radius 2 is 2.45 bits per heavy atom. The number of hydrogen-bond donors (Lipinski definition) is 1. The smallest absolute Gasteiger partial charge is 0.147 e. The quantitative estimate of drug-likeness (QED) is 0.600. The van der Waals surface area contributed by atoms with Crippen LogP contribution in [0.25, 0.3) is 0 Å². The highest BCUT2D eigenvalue weighted by molar-refractivity contribution is 4.62. The molecule has 1 aliphatic heterocycles. The molecule has 0 bridgehead atoms. The average Bonchev–Trinajstić information content (AvgIpc) is 2.50. The fourth-order valence-corrected chi connectivity index (χ4v) is 1.05. The van der Waals surface area contributed by atoms with E-state index in [1.807, 2.05) is 0 Å². The molecule has 0 aliphatic carbocycles. The predicted molar refractivity (Wildman–Crippen MR) is 43.5 cm³/mol. The van der Waals surface area contributed by atoms with Gasteiger partial charge < -0.3 is 14.8 Å². The molecule has 0 aromatic carbocycles. The standard InChI is InChI=1S/C8H17NO2/c1-2-3-4-9-5-8-6-10-7-11-8/h8-9H,2-7H2,1H3. The van der Waals surface area contributed by atoms with Crippen LogP contribution in [0.1, 0.15) is 19.8 Å². The molecule has 0 aromatic heterocycles. The van der Waals surface area contributed by atoms with Crippen molar-refractivity contribution in [1.29, 1.82) is 0 Å². The highest BCUT2D eigenvalue weighted by Crippen LogP contribution is 2.00. The van der Waals surface area contributed by atoms with Gasteiger partial charge in [-0.3, -0.25) is 0 Å². The second-order valence-electron chi connectivity index (χ2n) is 2.83. The first-order valence-corrected chi connectivity index (χ1v) is 4.33. The third-order valence-corrected chi connectivity index (χ3v) is 1.77. The lowest BCUT2D eigenvalue weighted by Crippen LogP contribution is -2.28. The van der Waals surface area contributed by atoms with Gasteiger partial charge in [-0.05, 0) is 13.0 Å². The van der Waals surface area contributed by atoms with Gasteiger partial charge in [-0.15, -0.1) is 0 Å². The van der Waals surface area contributed by atoms with E-state index >= 15 is 0 Å². The molecule has 0 aromatic rings. The lowest BCUT2D eigenvalue weighted by molar-refractivity contribution is 0.0470. The zero-order valence-corrected chi connectivity index (χ0v) is 7.14. The van der Waals surface area contributed by atoms with Crippen LogP contribution in [-0.2, 0) is 9.47 Å². The van der Waals surface area contributed by atoms with Gasteiger partial charge in [-0.1, -0.05) is 13.3 Å². The van der Waals surface area contributed by atoms with E-state index in [0.717, 1.165) is 19.7 Å². The summed E-state index contributed by atoms with van der Waals surface area (Å²) in [5, 5.41) is 3.32. The van der Waals surface area contributed by atoms with Gasteiger partial charge in [0.15, 0.2) is 0 Å². The van der Waals surface area contributed by atoms with Gasteiger partial charge in [-0.25, -0.2) is 0 Å². The van der Waals surface area contributed by atoms with Crippen molar-refractivity contribution in [1.82, 2.24) is 5.32 Å². The summed E-state index contributed by atoms with van der Waals surface area (Å²) < 4.78 is 10.3. The zero-order valence-electron chi connectivity index (χ0n) is 7.14. The monoisotopic (exact) mass is 159 g/mol. The maximum absolute atomic E-state index is 5.25. The summed E-state index contributed by atoms with van der Waals surface area (Å²) in [5.41, 5.74) is 0. The van der Waals surface area contributed by atoms with Crippen LogP contribution in [0.15, 0.2) is 0 Å². The van der Waals surface area contributed by atoms with Gasteiger partial charge >= 0.3 is 0 Å². The molecule has 1 unspecified atom stereocenters. The van der Waals surface area contributed by atoms with Crippen molar-refractivity contribution in [3.05, 3.63) is 0 Å². The van der Waals surface area contributed by atoms with Gasteiger partial charge in [-0.2, -0.15) is 0 Å². The molecule has 1 rings (SSSR count). The van der Waals surface area contributed by atoms with Crippen molar-refractivity contribution in [2.24, 2.45) is 0 Å². The SMILES string of the molecule is CCCCNCC1COCO1. The molecule has 1 saturated heterocycles. The normalized spacial score (nSPS) is 24.3. The van der Waals surface area contributed by atoms with Crippen molar-refractivity contribution in [3.8, 4) is 0 Å². The summed E-state index contributed by atoms with van der Waals surface area (Å²) in [5.74, 6) is 0. The van der Waals surface area contributed by atoms with E-state index in [-0.39, 0.29) is 6.10 Å². The number of hydrogen-bond acceptors (Lipinski definition) is 3. The van der Waals surface area contributed by atoms with Gasteiger partial charge in [0, 0.05) is 6.54 Å². The number of rotatable bonds is 5. The highest BCUT2D eigenvalue weighted by atomic mass is 16.7. The molecular weight excluding hydrogens is 142 g/mol. The molecule has 1 aliphatic rings. The van der Waals surface area contributed by atoms with Gasteiger partial charge in [0.25, 0.3) is 0 Å². The fraction of sp³-hybridized carbons (Fsp3) is 1.00. The van der Waals surface area contributed by atoms with Crippen molar-refractivity contribution >= 4 is 0 Å². The second kappa shape index (κ2) is 5.52.